The summed E-state index contributed by atoms with van der Waals surface area (Å²) in [6.07, 6.45) is 0. The van der Waals surface area contributed by atoms with Crippen molar-refractivity contribution in [1.29, 1.82) is 0 Å². The van der Waals surface area contributed by atoms with Crippen LogP contribution < -0.4 is 0 Å². The molecule has 11 heavy (non-hydrogen) atoms. The minimum Gasteiger partial charge on any atom is -0.333 e. The fourth-order valence-corrected chi connectivity index (χ4v) is 0. The molecule has 5 nitrogen and oxygen atoms in total. The maximum atomic E-state index is 9.33. The highest BCUT2D eigenvalue weighted by Gasteiger charge is 1.94. The van der Waals surface area contributed by atoms with Gasteiger partial charge in [0.1, 0.15) is 0 Å². The Labute approximate surface area is 68.1 Å². The van der Waals surface area contributed by atoms with Crippen LogP contribution in [0, 0.1) is 0 Å². The fraction of sp³-hybridized carbons (Fsp3) is 1.00. The molecule has 0 spiro atoms. The van der Waals surface area contributed by atoms with Crippen LogP contribution in [0.5, 0.6) is 0 Å². The first kappa shape index (κ1) is 13.4. The second-order valence-electron chi connectivity index (χ2n) is 3.28. The molecular weight excluding hydrogens is 170 g/mol. The molecule has 6 heteroatoms. The fourth-order valence-electron chi connectivity index (χ4n) is 0. The van der Waals surface area contributed by atoms with Gasteiger partial charge in [-0.15, -0.1) is 0 Å². The van der Waals surface area contributed by atoms with E-state index < -0.39 is 10.4 Å². The number of quaternary nitrogens is 1. The molecule has 0 aromatic heterocycles. The van der Waals surface area contributed by atoms with Crippen LogP contribution in [-0.2, 0) is 14.6 Å². The van der Waals surface area contributed by atoms with Crippen molar-refractivity contribution in [3.63, 3.8) is 0 Å². The van der Waals surface area contributed by atoms with E-state index in [9.17, 15) is 8.42 Å². The van der Waals surface area contributed by atoms with E-state index in [4.69, 9.17) is 4.55 Å². The van der Waals surface area contributed by atoms with Gasteiger partial charge in [0.2, 0.25) is 0 Å². The van der Waals surface area contributed by atoms with Crippen LogP contribution in [0.2, 0.25) is 0 Å². The third-order valence-corrected chi connectivity index (χ3v) is 0.632. The number of rotatable bonds is 1. The summed E-state index contributed by atoms with van der Waals surface area (Å²) in [7, 11) is 5.21. The van der Waals surface area contributed by atoms with Gasteiger partial charge in [-0.3, -0.25) is 8.74 Å². The predicted molar refractivity (Wildman–Crippen MR) is 42.5 cm³/mol. The summed E-state index contributed by atoms with van der Waals surface area (Å²) in [6, 6.07) is 0. The van der Waals surface area contributed by atoms with Gasteiger partial charge in [-0.1, -0.05) is 0 Å². The molecule has 0 aliphatic heterocycles. The Bertz CT molecular complexity index is 173. The maximum Gasteiger partial charge on any atom is 0.397 e. The monoisotopic (exact) mass is 186 g/mol. The average molecular weight is 186 g/mol. The highest BCUT2D eigenvalue weighted by Crippen LogP contribution is 1.75. The summed E-state index contributed by atoms with van der Waals surface area (Å²) < 4.78 is 30.7. The molecule has 0 aromatic carbocycles. The van der Waals surface area contributed by atoms with Gasteiger partial charge in [0.05, 0.1) is 35.3 Å². The predicted octanol–water partition coefficient (Wildman–Crippen LogP) is -0.242. The van der Waals surface area contributed by atoms with Crippen LogP contribution in [0.3, 0.4) is 0 Å². The molecule has 0 radical (unpaired) electrons. The summed E-state index contributed by atoms with van der Waals surface area (Å²) >= 11 is 0. The molecule has 0 atom stereocenters. The molecular formula is C5H16NO4S+. The van der Waals surface area contributed by atoms with Gasteiger partial charge in [0.15, 0.2) is 0 Å². The Kier molecular flexibility index (Phi) is 5.68. The van der Waals surface area contributed by atoms with E-state index in [-0.39, 0.29) is 0 Å². The van der Waals surface area contributed by atoms with Crippen molar-refractivity contribution >= 4 is 10.4 Å². The molecule has 0 bridgehead atoms. The van der Waals surface area contributed by atoms with Gasteiger partial charge in [-0.05, 0) is 0 Å². The summed E-state index contributed by atoms with van der Waals surface area (Å²) in [5.41, 5.74) is 0. The smallest absolute Gasteiger partial charge is 0.333 e. The van der Waals surface area contributed by atoms with Crippen LogP contribution in [0.4, 0.5) is 0 Å². The van der Waals surface area contributed by atoms with Gasteiger partial charge < -0.3 is 4.48 Å². The molecule has 0 amide bonds. The normalized spacial score (nSPS) is 11.8. The number of hydrogen-bond acceptors (Lipinski definition) is 3. The first-order valence-corrected chi connectivity index (χ1v) is 4.24. The first-order chi connectivity index (χ1) is 4.56. The summed E-state index contributed by atoms with van der Waals surface area (Å²) in [4.78, 5) is 0. The summed E-state index contributed by atoms with van der Waals surface area (Å²) in [5, 5.41) is 0. The van der Waals surface area contributed by atoms with Gasteiger partial charge in [0.25, 0.3) is 0 Å². The zero-order valence-corrected chi connectivity index (χ0v) is 8.34. The summed E-state index contributed by atoms with van der Waals surface area (Å²) in [5.74, 6) is 0. The Hall–Kier alpha value is -0.170. The minimum atomic E-state index is -4.16. The van der Waals surface area contributed by atoms with Crippen LogP contribution >= 0.6 is 0 Å². The molecule has 0 heterocycles. The Morgan fingerprint density at radius 1 is 1.18 bits per heavy atom. The molecule has 0 fully saturated rings. The van der Waals surface area contributed by atoms with Crippen molar-refractivity contribution in [3.8, 4) is 0 Å². The lowest BCUT2D eigenvalue weighted by Crippen LogP contribution is -2.27. The number of hydrogen-bond donors (Lipinski definition) is 1. The Morgan fingerprint density at radius 3 is 1.27 bits per heavy atom. The molecule has 0 aromatic rings. The topological polar surface area (TPSA) is 63.6 Å². The second kappa shape index (κ2) is 4.66. The van der Waals surface area contributed by atoms with Crippen molar-refractivity contribution in [2.45, 2.75) is 0 Å². The molecule has 70 valence electrons. The van der Waals surface area contributed by atoms with Gasteiger partial charge in [-0.2, -0.15) is 8.42 Å². The lowest BCUT2D eigenvalue weighted by atomic mass is 10.8. The van der Waals surface area contributed by atoms with E-state index in [1.165, 1.54) is 0 Å². The second-order valence-corrected chi connectivity index (χ2v) is 4.47. The molecule has 0 saturated carbocycles. The van der Waals surface area contributed by atoms with Gasteiger partial charge in [-0.25, -0.2) is 0 Å². The highest BCUT2D eigenvalue weighted by atomic mass is 32.3. The molecule has 0 aliphatic rings. The largest absolute Gasteiger partial charge is 0.397 e. The van der Waals surface area contributed by atoms with Crippen molar-refractivity contribution in [2.24, 2.45) is 0 Å². The average Bonchev–Trinajstić information content (AvgIpc) is 1.59. The third-order valence-electron chi connectivity index (χ3n) is 0.211. The molecule has 0 saturated heterocycles. The molecule has 0 rings (SSSR count). The van der Waals surface area contributed by atoms with E-state index in [0.29, 0.717) is 0 Å². The van der Waals surface area contributed by atoms with Crippen molar-refractivity contribution in [1.82, 2.24) is 0 Å². The van der Waals surface area contributed by atoms with Gasteiger partial charge in [0, 0.05) is 0 Å². The number of nitrogens with zero attached hydrogens (tertiary/aromatic N) is 1. The van der Waals surface area contributed by atoms with Crippen LogP contribution in [0.25, 0.3) is 0 Å². The molecule has 1 N–H and O–H groups in total. The van der Waals surface area contributed by atoms with E-state index >= 15 is 0 Å². The van der Waals surface area contributed by atoms with E-state index in [1.807, 2.05) is 0 Å². The van der Waals surface area contributed by atoms with E-state index in [0.717, 1.165) is 11.6 Å². The van der Waals surface area contributed by atoms with Crippen LogP contribution in [0.15, 0.2) is 0 Å². The quantitative estimate of drug-likeness (QED) is 0.453. The zero-order chi connectivity index (χ0) is 9.71. The van der Waals surface area contributed by atoms with Crippen LogP contribution in [0.1, 0.15) is 0 Å². The first-order valence-electron chi connectivity index (χ1n) is 2.88. The maximum absolute atomic E-state index is 9.33. The van der Waals surface area contributed by atoms with Crippen molar-refractivity contribution < 1.29 is 21.6 Å². The molecule has 0 aliphatic carbocycles. The van der Waals surface area contributed by atoms with Crippen molar-refractivity contribution in [2.75, 3.05) is 35.3 Å². The zero-order valence-electron chi connectivity index (χ0n) is 7.53. The highest BCUT2D eigenvalue weighted by molar-refractivity contribution is 7.80. The third kappa shape index (κ3) is 75.2. The van der Waals surface area contributed by atoms with Crippen LogP contribution in [-0.4, -0.2) is 52.8 Å². The Morgan fingerprint density at radius 2 is 1.27 bits per heavy atom. The molecule has 0 unspecified atom stereocenters. The lowest BCUT2D eigenvalue weighted by molar-refractivity contribution is -0.849. The van der Waals surface area contributed by atoms with Gasteiger partial charge >= 0.3 is 10.4 Å². The lowest BCUT2D eigenvalue weighted by Gasteiger charge is -2.14. The summed E-state index contributed by atoms with van der Waals surface area (Å²) in [6.45, 7) is 0. The minimum absolute atomic E-state index is 0.870. The van der Waals surface area contributed by atoms with Crippen molar-refractivity contribution in [3.05, 3.63) is 0 Å². The standard InChI is InChI=1S/C4H12N.CH4O4S/c1-5(2,3)4;1-5-6(2,3)4/h1-4H3;1H3,(H,2,3,4)/q+1;. The SMILES string of the molecule is COS(=O)(=O)O.C[N+](C)(C)C. The van der Waals surface area contributed by atoms with E-state index in [2.05, 4.69) is 32.4 Å². The Balaban J connectivity index is 0. The van der Waals surface area contributed by atoms with E-state index in [1.54, 1.807) is 0 Å².